The van der Waals surface area contributed by atoms with Gasteiger partial charge in [-0.3, -0.25) is 4.90 Å². The van der Waals surface area contributed by atoms with Crippen LogP contribution in [0.2, 0.25) is 0 Å². The van der Waals surface area contributed by atoms with E-state index in [4.69, 9.17) is 0 Å². The van der Waals surface area contributed by atoms with Gasteiger partial charge in [0.05, 0.1) is 0 Å². The summed E-state index contributed by atoms with van der Waals surface area (Å²) >= 11 is 1.93. The summed E-state index contributed by atoms with van der Waals surface area (Å²) in [4.78, 5) is 2.47. The molecule has 1 unspecified atom stereocenters. The molecule has 1 rings (SSSR count). The Labute approximate surface area is 123 Å². The van der Waals surface area contributed by atoms with Crippen LogP contribution in [-0.4, -0.2) is 43.6 Å². The summed E-state index contributed by atoms with van der Waals surface area (Å²) in [5.41, 5.74) is 2.94. The first-order valence-electron chi connectivity index (χ1n) is 7.09. The number of thioether (sulfide) groups is 1. The van der Waals surface area contributed by atoms with Crippen LogP contribution in [0.3, 0.4) is 0 Å². The molecular weight excluding hydrogens is 252 g/mol. The Morgan fingerprint density at radius 1 is 1.26 bits per heavy atom. The van der Waals surface area contributed by atoms with Crippen molar-refractivity contribution in [3.8, 4) is 0 Å². The maximum Gasteiger partial charge on any atom is 0.0236 e. The predicted octanol–water partition coefficient (Wildman–Crippen LogP) is 3.02. The molecule has 1 N–H and O–H groups in total. The molecule has 0 aliphatic heterocycles. The average molecular weight is 280 g/mol. The highest BCUT2D eigenvalue weighted by Gasteiger charge is 2.11. The second-order valence-electron chi connectivity index (χ2n) is 5.17. The molecule has 0 saturated carbocycles. The van der Waals surface area contributed by atoms with Crippen molar-refractivity contribution in [1.82, 2.24) is 10.2 Å². The Balaban J connectivity index is 2.59. The van der Waals surface area contributed by atoms with Gasteiger partial charge in [-0.1, -0.05) is 24.3 Å². The van der Waals surface area contributed by atoms with Crippen molar-refractivity contribution in [2.75, 3.05) is 32.6 Å². The predicted molar refractivity (Wildman–Crippen MR) is 88.0 cm³/mol. The third-order valence-corrected chi connectivity index (χ3v) is 4.32. The van der Waals surface area contributed by atoms with Crippen molar-refractivity contribution < 1.29 is 0 Å². The fraction of sp³-hybridized carbons (Fsp3) is 0.625. The molecule has 0 amide bonds. The van der Waals surface area contributed by atoms with E-state index >= 15 is 0 Å². The van der Waals surface area contributed by atoms with Crippen molar-refractivity contribution in [3.05, 3.63) is 35.4 Å². The van der Waals surface area contributed by atoms with Gasteiger partial charge in [-0.15, -0.1) is 0 Å². The number of nitrogens with zero attached hydrogens (tertiary/aromatic N) is 1. The van der Waals surface area contributed by atoms with Gasteiger partial charge in [-0.2, -0.15) is 11.8 Å². The Morgan fingerprint density at radius 3 is 2.58 bits per heavy atom. The third-order valence-electron chi connectivity index (χ3n) is 3.67. The summed E-state index contributed by atoms with van der Waals surface area (Å²) in [5, 5.41) is 3.23. The molecule has 1 aromatic carbocycles. The number of likely N-dealkylation sites (N-methyl/N-ethyl adjacent to an activating group) is 1. The van der Waals surface area contributed by atoms with Crippen LogP contribution in [0.1, 0.15) is 24.5 Å². The molecule has 2 nitrogen and oxygen atoms in total. The normalized spacial score (nSPS) is 12.9. The van der Waals surface area contributed by atoms with Gasteiger partial charge in [0.1, 0.15) is 0 Å². The quantitative estimate of drug-likeness (QED) is 0.748. The van der Waals surface area contributed by atoms with Crippen LogP contribution in [0.25, 0.3) is 0 Å². The highest BCUT2D eigenvalue weighted by molar-refractivity contribution is 7.98. The van der Waals surface area contributed by atoms with E-state index in [1.165, 1.54) is 23.3 Å². The van der Waals surface area contributed by atoms with E-state index in [0.29, 0.717) is 6.04 Å². The molecule has 19 heavy (non-hydrogen) atoms. The summed E-state index contributed by atoms with van der Waals surface area (Å²) < 4.78 is 0. The van der Waals surface area contributed by atoms with Gasteiger partial charge in [0.15, 0.2) is 0 Å². The highest BCUT2D eigenvalue weighted by Crippen LogP contribution is 2.15. The van der Waals surface area contributed by atoms with Crippen LogP contribution < -0.4 is 5.32 Å². The van der Waals surface area contributed by atoms with Gasteiger partial charge in [-0.05, 0) is 63.5 Å². The number of hydrogen-bond donors (Lipinski definition) is 1. The second kappa shape index (κ2) is 9.40. The Hall–Kier alpha value is -0.510. The van der Waals surface area contributed by atoms with Crippen molar-refractivity contribution in [3.63, 3.8) is 0 Å². The molecule has 1 atom stereocenters. The molecule has 0 fully saturated rings. The van der Waals surface area contributed by atoms with Crippen LogP contribution >= 0.6 is 11.8 Å². The van der Waals surface area contributed by atoms with Crippen LogP contribution in [0, 0.1) is 0 Å². The van der Waals surface area contributed by atoms with E-state index in [2.05, 4.69) is 54.7 Å². The molecular formula is C16H28N2S. The van der Waals surface area contributed by atoms with Gasteiger partial charge in [0.2, 0.25) is 0 Å². The largest absolute Gasteiger partial charge is 0.319 e. The standard InChI is InChI=1S/C16H28N2S/c1-14(10-12-19-4)18(3)13-16-8-6-5-7-15(16)9-11-17-2/h5-8,14,17H,9-13H2,1-4H3. The summed E-state index contributed by atoms with van der Waals surface area (Å²) in [7, 11) is 4.25. The fourth-order valence-corrected chi connectivity index (χ4v) is 2.73. The molecule has 0 radical (unpaired) electrons. The maximum absolute atomic E-state index is 3.23. The van der Waals surface area contributed by atoms with E-state index in [0.717, 1.165) is 19.5 Å². The number of nitrogens with one attached hydrogen (secondary N) is 1. The van der Waals surface area contributed by atoms with E-state index in [-0.39, 0.29) is 0 Å². The zero-order chi connectivity index (χ0) is 14.1. The Kier molecular flexibility index (Phi) is 8.19. The lowest BCUT2D eigenvalue weighted by atomic mass is 10.0. The molecule has 1 aromatic rings. The van der Waals surface area contributed by atoms with Crippen molar-refractivity contribution >= 4 is 11.8 Å². The topological polar surface area (TPSA) is 15.3 Å². The maximum atomic E-state index is 3.23. The number of benzene rings is 1. The third kappa shape index (κ3) is 5.98. The zero-order valence-corrected chi connectivity index (χ0v) is 13.6. The van der Waals surface area contributed by atoms with Crippen LogP contribution in [0.15, 0.2) is 24.3 Å². The van der Waals surface area contributed by atoms with Crippen LogP contribution in [0.4, 0.5) is 0 Å². The van der Waals surface area contributed by atoms with Crippen molar-refractivity contribution in [2.24, 2.45) is 0 Å². The molecule has 0 heterocycles. The molecule has 0 spiro atoms. The molecule has 3 heteroatoms. The summed E-state index contributed by atoms with van der Waals surface area (Å²) in [5.74, 6) is 1.24. The lowest BCUT2D eigenvalue weighted by Crippen LogP contribution is -2.29. The van der Waals surface area contributed by atoms with E-state index in [1.54, 1.807) is 0 Å². The number of rotatable bonds is 9. The Bertz CT molecular complexity index is 354. The lowest BCUT2D eigenvalue weighted by Gasteiger charge is -2.25. The van der Waals surface area contributed by atoms with Crippen LogP contribution in [0.5, 0.6) is 0 Å². The van der Waals surface area contributed by atoms with E-state index in [1.807, 2.05) is 18.8 Å². The van der Waals surface area contributed by atoms with Crippen molar-refractivity contribution in [2.45, 2.75) is 32.4 Å². The van der Waals surface area contributed by atoms with E-state index < -0.39 is 0 Å². The SMILES string of the molecule is CNCCc1ccccc1CN(C)C(C)CCSC. The number of hydrogen-bond acceptors (Lipinski definition) is 3. The molecule has 0 saturated heterocycles. The smallest absolute Gasteiger partial charge is 0.0236 e. The second-order valence-corrected chi connectivity index (χ2v) is 6.15. The van der Waals surface area contributed by atoms with Crippen molar-refractivity contribution in [1.29, 1.82) is 0 Å². The average Bonchev–Trinajstić information content (AvgIpc) is 2.43. The fourth-order valence-electron chi connectivity index (χ4n) is 2.15. The molecule has 0 aliphatic carbocycles. The minimum absolute atomic E-state index is 0.643. The first-order valence-corrected chi connectivity index (χ1v) is 8.49. The summed E-state index contributed by atoms with van der Waals surface area (Å²) in [6.45, 7) is 4.42. The van der Waals surface area contributed by atoms with Gasteiger partial charge in [0.25, 0.3) is 0 Å². The van der Waals surface area contributed by atoms with Gasteiger partial charge < -0.3 is 5.32 Å². The zero-order valence-electron chi connectivity index (χ0n) is 12.8. The minimum Gasteiger partial charge on any atom is -0.319 e. The van der Waals surface area contributed by atoms with E-state index in [9.17, 15) is 0 Å². The minimum atomic E-state index is 0.643. The monoisotopic (exact) mass is 280 g/mol. The van der Waals surface area contributed by atoms with Gasteiger partial charge in [0, 0.05) is 12.6 Å². The Morgan fingerprint density at radius 2 is 1.95 bits per heavy atom. The van der Waals surface area contributed by atoms with Crippen LogP contribution in [-0.2, 0) is 13.0 Å². The molecule has 0 aromatic heterocycles. The summed E-state index contributed by atoms with van der Waals surface area (Å²) in [6, 6.07) is 9.46. The molecule has 108 valence electrons. The first-order chi connectivity index (χ1) is 9.19. The van der Waals surface area contributed by atoms with Gasteiger partial charge in [-0.25, -0.2) is 0 Å². The highest BCUT2D eigenvalue weighted by atomic mass is 32.2. The summed E-state index contributed by atoms with van der Waals surface area (Å²) in [6.07, 6.45) is 4.55. The first kappa shape index (κ1) is 16.5. The lowest BCUT2D eigenvalue weighted by molar-refractivity contribution is 0.244. The molecule has 0 bridgehead atoms. The molecule has 0 aliphatic rings. The van der Waals surface area contributed by atoms with Gasteiger partial charge >= 0.3 is 0 Å².